The van der Waals surface area contributed by atoms with Gasteiger partial charge >= 0.3 is 6.18 Å². The van der Waals surface area contributed by atoms with Crippen molar-refractivity contribution in [3.8, 4) is 17.0 Å². The number of aryl methyl sites for hydroxylation is 1. The lowest BCUT2D eigenvalue weighted by molar-refractivity contribution is -0.137. The lowest BCUT2D eigenvalue weighted by atomic mass is 9.76. The Morgan fingerprint density at radius 1 is 1.20 bits per heavy atom. The zero-order valence-corrected chi connectivity index (χ0v) is 19.6. The summed E-state index contributed by atoms with van der Waals surface area (Å²) < 4.78 is 39.5. The Bertz CT molecular complexity index is 1230. The number of benzene rings is 1. The highest BCUT2D eigenvalue weighted by atomic mass is 19.4. The third-order valence-corrected chi connectivity index (χ3v) is 7.08. The first kappa shape index (κ1) is 23.7. The Hall–Kier alpha value is -2.98. The second-order valence-corrected chi connectivity index (χ2v) is 10.0. The summed E-state index contributed by atoms with van der Waals surface area (Å²) in [6.45, 7) is 5.19. The molecule has 2 aliphatic rings. The van der Waals surface area contributed by atoms with Gasteiger partial charge in [-0.3, -0.25) is 9.88 Å². The van der Waals surface area contributed by atoms with Crippen LogP contribution in [0.1, 0.15) is 43.7 Å². The number of nitrogens with zero attached hydrogens (tertiary/aromatic N) is 4. The number of likely N-dealkylation sites (tertiary alicyclic amines) is 1. The molecule has 0 spiro atoms. The van der Waals surface area contributed by atoms with Gasteiger partial charge in [0, 0.05) is 35.8 Å². The van der Waals surface area contributed by atoms with Gasteiger partial charge in [-0.2, -0.15) is 13.2 Å². The molecule has 0 amide bonds. The van der Waals surface area contributed by atoms with E-state index in [2.05, 4.69) is 25.4 Å². The summed E-state index contributed by atoms with van der Waals surface area (Å²) >= 11 is 0. The fourth-order valence-electron chi connectivity index (χ4n) is 5.36. The highest BCUT2D eigenvalue weighted by Crippen LogP contribution is 2.41. The monoisotopic (exact) mass is 487 g/mol. The van der Waals surface area contributed by atoms with Gasteiger partial charge in [-0.05, 0) is 75.9 Å². The molecule has 3 aromatic rings. The van der Waals surface area contributed by atoms with Crippen molar-refractivity contribution in [2.24, 2.45) is 0 Å². The number of rotatable bonds is 4. The summed E-state index contributed by atoms with van der Waals surface area (Å²) in [5.74, 6) is 0.0342. The average Bonchev–Trinajstić information content (AvgIpc) is 2.78. The predicted molar refractivity (Wildman–Crippen MR) is 126 cm³/mol. The van der Waals surface area contributed by atoms with Crippen molar-refractivity contribution in [3.63, 3.8) is 0 Å². The van der Waals surface area contributed by atoms with Crippen LogP contribution in [0.25, 0.3) is 22.2 Å². The van der Waals surface area contributed by atoms with Gasteiger partial charge < -0.3 is 15.5 Å². The van der Waals surface area contributed by atoms with E-state index in [9.17, 15) is 23.4 Å². The number of aliphatic hydroxyl groups is 1. The molecule has 10 heteroatoms. The molecule has 3 N–H and O–H groups in total. The second-order valence-electron chi connectivity index (χ2n) is 10.0. The van der Waals surface area contributed by atoms with Crippen LogP contribution in [0.4, 0.5) is 19.0 Å². The highest BCUT2D eigenvalue weighted by molar-refractivity contribution is 5.98. The van der Waals surface area contributed by atoms with Crippen LogP contribution >= 0.6 is 0 Å². The van der Waals surface area contributed by atoms with Crippen LogP contribution in [0.15, 0.2) is 30.5 Å². The van der Waals surface area contributed by atoms with E-state index in [-0.39, 0.29) is 22.9 Å². The maximum absolute atomic E-state index is 13.2. The molecule has 0 bridgehead atoms. The minimum atomic E-state index is -4.57. The number of aromatic nitrogens is 3. The first-order chi connectivity index (χ1) is 16.5. The lowest BCUT2D eigenvalue weighted by Gasteiger charge is -2.49. The van der Waals surface area contributed by atoms with Crippen molar-refractivity contribution in [1.29, 1.82) is 0 Å². The van der Waals surface area contributed by atoms with Gasteiger partial charge in [0.05, 0.1) is 11.2 Å². The first-order valence-corrected chi connectivity index (χ1v) is 11.8. The van der Waals surface area contributed by atoms with Crippen LogP contribution in [0, 0.1) is 6.92 Å². The zero-order valence-electron chi connectivity index (χ0n) is 19.6. The Morgan fingerprint density at radius 3 is 2.66 bits per heavy atom. The predicted octanol–water partition coefficient (Wildman–Crippen LogP) is 4.51. The van der Waals surface area contributed by atoms with E-state index in [1.54, 1.807) is 12.3 Å². The van der Waals surface area contributed by atoms with Crippen molar-refractivity contribution in [1.82, 2.24) is 20.1 Å². The smallest absolute Gasteiger partial charge is 0.416 e. The van der Waals surface area contributed by atoms with Crippen molar-refractivity contribution in [3.05, 3.63) is 41.6 Å². The number of hydrogen-bond acceptors (Lipinski definition) is 7. The Morgan fingerprint density at radius 2 is 1.97 bits per heavy atom. The molecule has 1 saturated heterocycles. The Labute approximate surface area is 201 Å². The van der Waals surface area contributed by atoms with Crippen LogP contribution in [-0.4, -0.2) is 61.1 Å². The Kier molecular flexibility index (Phi) is 5.83. The number of alkyl halides is 3. The quantitative estimate of drug-likeness (QED) is 0.498. The number of hydrogen-bond donors (Lipinski definition) is 3. The van der Waals surface area contributed by atoms with Gasteiger partial charge in [0.1, 0.15) is 17.0 Å². The maximum Gasteiger partial charge on any atom is 0.416 e. The minimum absolute atomic E-state index is 0.138. The summed E-state index contributed by atoms with van der Waals surface area (Å²) in [5.41, 5.74) is -0.395. The number of anilines is 1. The number of aromatic hydroxyl groups is 1. The second kappa shape index (κ2) is 8.60. The van der Waals surface area contributed by atoms with Gasteiger partial charge in [-0.25, -0.2) is 0 Å². The van der Waals surface area contributed by atoms with E-state index in [0.29, 0.717) is 28.8 Å². The van der Waals surface area contributed by atoms with Crippen molar-refractivity contribution >= 4 is 16.7 Å². The average molecular weight is 488 g/mol. The Balaban J connectivity index is 1.44. The standard InChI is InChI=1S/C25H28F3N5O2/c1-14-9-15(25(26,27)28)10-19(34)20(14)22-21-18(6-3-7-29-21)23(32-31-22)30-16-5-4-8-33(13-16)17-11-24(2,35)12-17/h3,6-7,9-10,16-17,34-35H,4-5,8,11-13H2,1-2H3,(H,30,32). The van der Waals surface area contributed by atoms with E-state index in [1.165, 1.54) is 6.92 Å². The molecular weight excluding hydrogens is 459 g/mol. The normalized spacial score (nSPS) is 25.4. The van der Waals surface area contributed by atoms with Crippen LogP contribution < -0.4 is 5.32 Å². The topological polar surface area (TPSA) is 94.4 Å². The van der Waals surface area contributed by atoms with Crippen molar-refractivity contribution in [2.75, 3.05) is 18.4 Å². The number of phenolic OH excluding ortho intramolecular Hbond substituents is 1. The molecule has 1 aliphatic carbocycles. The summed E-state index contributed by atoms with van der Waals surface area (Å²) in [5, 5.41) is 33.4. The molecule has 1 saturated carbocycles. The number of phenols is 1. The van der Waals surface area contributed by atoms with Crippen LogP contribution in [0.5, 0.6) is 5.75 Å². The molecule has 186 valence electrons. The molecular formula is C25H28F3N5O2. The van der Waals surface area contributed by atoms with Crippen molar-refractivity contribution < 1.29 is 23.4 Å². The largest absolute Gasteiger partial charge is 0.507 e. The van der Waals surface area contributed by atoms with E-state index >= 15 is 0 Å². The molecule has 5 rings (SSSR count). The summed E-state index contributed by atoms with van der Waals surface area (Å²) in [4.78, 5) is 6.84. The highest BCUT2D eigenvalue weighted by Gasteiger charge is 2.42. The number of nitrogens with one attached hydrogen (secondary N) is 1. The summed E-state index contributed by atoms with van der Waals surface area (Å²) in [7, 11) is 0. The molecule has 0 radical (unpaired) electrons. The van der Waals surface area contributed by atoms with Crippen LogP contribution in [0.3, 0.4) is 0 Å². The maximum atomic E-state index is 13.2. The van der Waals surface area contributed by atoms with Crippen LogP contribution in [-0.2, 0) is 6.18 Å². The molecule has 3 heterocycles. The molecule has 35 heavy (non-hydrogen) atoms. The fourth-order valence-corrected chi connectivity index (χ4v) is 5.36. The van der Waals surface area contributed by atoms with Gasteiger partial charge in [0.25, 0.3) is 0 Å². The van der Waals surface area contributed by atoms with E-state index in [4.69, 9.17) is 0 Å². The van der Waals surface area contributed by atoms with E-state index in [0.717, 1.165) is 44.8 Å². The van der Waals surface area contributed by atoms with Crippen LogP contribution in [0.2, 0.25) is 0 Å². The molecule has 1 atom stereocenters. The number of halogens is 3. The molecule has 2 fully saturated rings. The first-order valence-electron chi connectivity index (χ1n) is 11.8. The molecule has 2 aromatic heterocycles. The molecule has 1 unspecified atom stereocenters. The van der Waals surface area contributed by atoms with Gasteiger partial charge in [0.15, 0.2) is 5.82 Å². The van der Waals surface area contributed by atoms with Gasteiger partial charge in [-0.15, -0.1) is 10.2 Å². The summed E-state index contributed by atoms with van der Waals surface area (Å²) in [6.07, 6.45) is 0.552. The van der Waals surface area contributed by atoms with Crippen molar-refractivity contribution in [2.45, 2.75) is 63.4 Å². The van der Waals surface area contributed by atoms with E-state index < -0.39 is 23.1 Å². The number of fused-ring (bicyclic) bond motifs is 1. The fraction of sp³-hybridized carbons (Fsp3) is 0.480. The van der Waals surface area contributed by atoms with E-state index in [1.807, 2.05) is 13.0 Å². The SMILES string of the molecule is Cc1cc(C(F)(F)F)cc(O)c1-c1nnc(NC2CCCN(C3CC(C)(O)C3)C2)c2cccnc12. The summed E-state index contributed by atoms with van der Waals surface area (Å²) in [6, 6.07) is 5.82. The third kappa shape index (κ3) is 4.64. The molecule has 1 aliphatic heterocycles. The lowest BCUT2D eigenvalue weighted by Crippen LogP contribution is -2.57. The molecule has 7 nitrogen and oxygen atoms in total. The minimum Gasteiger partial charge on any atom is -0.507 e. The zero-order chi connectivity index (χ0) is 25.0. The number of pyridine rings is 1. The molecule has 1 aromatic carbocycles. The third-order valence-electron chi connectivity index (χ3n) is 7.08. The van der Waals surface area contributed by atoms with Gasteiger partial charge in [0.2, 0.25) is 0 Å². The van der Waals surface area contributed by atoms with Gasteiger partial charge in [-0.1, -0.05) is 0 Å². The number of piperidine rings is 1.